The maximum atomic E-state index is 13.3. The largest absolute Gasteiger partial charge is 0.484 e. The molecule has 112 valence electrons. The van der Waals surface area contributed by atoms with E-state index in [1.807, 2.05) is 31.2 Å². The van der Waals surface area contributed by atoms with Gasteiger partial charge in [-0.25, -0.2) is 4.39 Å². The number of hydrogen-bond donors (Lipinski definition) is 1. The number of halogens is 2. The van der Waals surface area contributed by atoms with Crippen LogP contribution in [0.15, 0.2) is 46.9 Å². The lowest BCUT2D eigenvalue weighted by Crippen LogP contribution is -2.31. The normalized spacial score (nSPS) is 13.8. The highest BCUT2D eigenvalue weighted by atomic mass is 79.9. The Balaban J connectivity index is 2.28. The zero-order valence-corrected chi connectivity index (χ0v) is 13.7. The molecule has 21 heavy (non-hydrogen) atoms. The van der Waals surface area contributed by atoms with Crippen molar-refractivity contribution in [3.05, 3.63) is 63.9 Å². The monoisotopic (exact) mass is 351 g/mol. The van der Waals surface area contributed by atoms with Gasteiger partial charge in [-0.3, -0.25) is 0 Å². The van der Waals surface area contributed by atoms with Crippen molar-refractivity contribution >= 4 is 15.9 Å². The van der Waals surface area contributed by atoms with Crippen molar-refractivity contribution in [2.24, 2.45) is 5.73 Å². The van der Waals surface area contributed by atoms with Gasteiger partial charge >= 0.3 is 0 Å². The molecular formula is C17H19BrFNO. The first-order valence-corrected chi connectivity index (χ1v) is 7.74. The van der Waals surface area contributed by atoms with Crippen LogP contribution in [0.1, 0.15) is 30.6 Å². The first-order valence-electron chi connectivity index (χ1n) is 6.95. The minimum absolute atomic E-state index is 0.128. The standard InChI is InChI=1S/C17H19BrFNO/c1-3-16(20)17(12-4-6-13(18)7-5-12)21-14-8-9-15(19)11(2)10-14/h4-10,16-17H,3,20H2,1-2H3. The summed E-state index contributed by atoms with van der Waals surface area (Å²) in [5.74, 6) is 0.396. The summed E-state index contributed by atoms with van der Waals surface area (Å²) in [6.45, 7) is 3.74. The van der Waals surface area contributed by atoms with Gasteiger partial charge in [0, 0.05) is 10.5 Å². The summed E-state index contributed by atoms with van der Waals surface area (Å²) in [6, 6.07) is 12.5. The van der Waals surface area contributed by atoms with Crippen LogP contribution in [0.2, 0.25) is 0 Å². The average Bonchev–Trinajstić information content (AvgIpc) is 2.48. The van der Waals surface area contributed by atoms with E-state index >= 15 is 0 Å². The van der Waals surface area contributed by atoms with Gasteiger partial charge in [0.15, 0.2) is 0 Å². The molecule has 0 heterocycles. The van der Waals surface area contributed by atoms with Gasteiger partial charge < -0.3 is 10.5 Å². The molecule has 2 N–H and O–H groups in total. The Hall–Kier alpha value is -1.39. The van der Waals surface area contributed by atoms with Crippen molar-refractivity contribution < 1.29 is 9.13 Å². The first-order chi connectivity index (χ1) is 10.0. The fourth-order valence-electron chi connectivity index (χ4n) is 2.11. The van der Waals surface area contributed by atoms with Crippen molar-refractivity contribution in [3.63, 3.8) is 0 Å². The molecule has 0 aliphatic carbocycles. The molecule has 0 fully saturated rings. The molecule has 0 bridgehead atoms. The Morgan fingerprint density at radius 1 is 1.19 bits per heavy atom. The Morgan fingerprint density at radius 3 is 2.43 bits per heavy atom. The van der Waals surface area contributed by atoms with E-state index in [4.69, 9.17) is 10.5 Å². The summed E-state index contributed by atoms with van der Waals surface area (Å²) < 4.78 is 20.4. The lowest BCUT2D eigenvalue weighted by Gasteiger charge is -2.25. The van der Waals surface area contributed by atoms with Gasteiger partial charge in [0.2, 0.25) is 0 Å². The Morgan fingerprint density at radius 2 is 1.86 bits per heavy atom. The number of nitrogens with two attached hydrogens (primary N) is 1. The fourth-order valence-corrected chi connectivity index (χ4v) is 2.37. The Bertz CT molecular complexity index is 600. The minimum Gasteiger partial charge on any atom is -0.484 e. The van der Waals surface area contributed by atoms with Gasteiger partial charge in [-0.2, -0.15) is 0 Å². The van der Waals surface area contributed by atoms with E-state index in [-0.39, 0.29) is 18.0 Å². The second-order valence-corrected chi connectivity index (χ2v) is 5.99. The second kappa shape index (κ2) is 7.05. The minimum atomic E-state index is -0.257. The molecule has 0 aromatic heterocycles. The summed E-state index contributed by atoms with van der Waals surface area (Å²) >= 11 is 3.42. The third-order valence-corrected chi connectivity index (χ3v) is 3.98. The van der Waals surface area contributed by atoms with E-state index in [1.54, 1.807) is 19.1 Å². The quantitative estimate of drug-likeness (QED) is 0.843. The molecule has 0 aliphatic heterocycles. The van der Waals surface area contributed by atoms with Crippen molar-refractivity contribution in [2.45, 2.75) is 32.4 Å². The van der Waals surface area contributed by atoms with E-state index in [0.717, 1.165) is 16.5 Å². The highest BCUT2D eigenvalue weighted by molar-refractivity contribution is 9.10. The van der Waals surface area contributed by atoms with Gasteiger partial charge in [-0.05, 0) is 54.8 Å². The van der Waals surface area contributed by atoms with Gasteiger partial charge in [-0.15, -0.1) is 0 Å². The molecule has 0 saturated heterocycles. The molecule has 2 unspecified atom stereocenters. The van der Waals surface area contributed by atoms with E-state index in [0.29, 0.717) is 11.3 Å². The molecule has 0 radical (unpaired) electrons. The Kier molecular flexibility index (Phi) is 5.37. The van der Waals surface area contributed by atoms with Crippen LogP contribution >= 0.6 is 15.9 Å². The SMILES string of the molecule is CCC(N)C(Oc1ccc(F)c(C)c1)c1ccc(Br)cc1. The van der Waals surface area contributed by atoms with Crippen LogP contribution in [-0.4, -0.2) is 6.04 Å². The summed E-state index contributed by atoms with van der Waals surface area (Å²) in [6.07, 6.45) is 0.536. The summed E-state index contributed by atoms with van der Waals surface area (Å²) in [5.41, 5.74) is 7.76. The number of rotatable bonds is 5. The van der Waals surface area contributed by atoms with Crippen molar-refractivity contribution in [1.82, 2.24) is 0 Å². The zero-order valence-electron chi connectivity index (χ0n) is 12.1. The van der Waals surface area contributed by atoms with Gasteiger partial charge in [0.05, 0.1) is 0 Å². The lowest BCUT2D eigenvalue weighted by atomic mass is 10.0. The molecular weight excluding hydrogens is 333 g/mol. The van der Waals surface area contributed by atoms with Gasteiger partial charge in [-0.1, -0.05) is 35.0 Å². The van der Waals surface area contributed by atoms with E-state index in [9.17, 15) is 4.39 Å². The predicted molar refractivity (Wildman–Crippen MR) is 86.9 cm³/mol. The predicted octanol–water partition coefficient (Wildman–Crippen LogP) is 4.75. The summed E-state index contributed by atoms with van der Waals surface area (Å²) in [4.78, 5) is 0. The van der Waals surface area contributed by atoms with Crippen LogP contribution in [0.25, 0.3) is 0 Å². The molecule has 0 amide bonds. The van der Waals surface area contributed by atoms with Crippen LogP contribution in [0.5, 0.6) is 5.75 Å². The van der Waals surface area contributed by atoms with Crippen LogP contribution in [0.3, 0.4) is 0 Å². The molecule has 2 atom stereocenters. The lowest BCUT2D eigenvalue weighted by molar-refractivity contribution is 0.171. The number of ether oxygens (including phenoxy) is 1. The topological polar surface area (TPSA) is 35.2 Å². The number of benzene rings is 2. The summed E-state index contributed by atoms with van der Waals surface area (Å²) in [7, 11) is 0. The average molecular weight is 352 g/mol. The van der Waals surface area contributed by atoms with Crippen LogP contribution in [0, 0.1) is 12.7 Å². The molecule has 2 aromatic carbocycles. The van der Waals surface area contributed by atoms with E-state index in [2.05, 4.69) is 15.9 Å². The van der Waals surface area contributed by atoms with Crippen LogP contribution in [0.4, 0.5) is 4.39 Å². The van der Waals surface area contributed by atoms with E-state index < -0.39 is 0 Å². The fraction of sp³-hybridized carbons (Fsp3) is 0.294. The van der Waals surface area contributed by atoms with E-state index in [1.165, 1.54) is 6.07 Å². The zero-order chi connectivity index (χ0) is 15.4. The van der Waals surface area contributed by atoms with Crippen molar-refractivity contribution in [2.75, 3.05) is 0 Å². The summed E-state index contributed by atoms with van der Waals surface area (Å²) in [5, 5.41) is 0. The number of aryl methyl sites for hydroxylation is 1. The van der Waals surface area contributed by atoms with Crippen molar-refractivity contribution in [3.8, 4) is 5.75 Å². The number of hydrogen-bond acceptors (Lipinski definition) is 2. The molecule has 0 aliphatic rings. The highest BCUT2D eigenvalue weighted by Crippen LogP contribution is 2.27. The van der Waals surface area contributed by atoms with Crippen LogP contribution < -0.4 is 10.5 Å². The molecule has 2 rings (SSSR count). The maximum absolute atomic E-state index is 13.3. The molecule has 2 aromatic rings. The van der Waals surface area contributed by atoms with Gasteiger partial charge in [0.25, 0.3) is 0 Å². The van der Waals surface area contributed by atoms with Crippen molar-refractivity contribution in [1.29, 1.82) is 0 Å². The smallest absolute Gasteiger partial charge is 0.139 e. The maximum Gasteiger partial charge on any atom is 0.139 e. The third kappa shape index (κ3) is 4.05. The highest BCUT2D eigenvalue weighted by Gasteiger charge is 2.20. The molecule has 0 spiro atoms. The van der Waals surface area contributed by atoms with Crippen LogP contribution in [-0.2, 0) is 0 Å². The Labute approximate surface area is 133 Å². The second-order valence-electron chi connectivity index (χ2n) is 5.07. The van der Waals surface area contributed by atoms with Gasteiger partial charge in [0.1, 0.15) is 17.7 Å². The molecule has 2 nitrogen and oxygen atoms in total. The first kappa shape index (κ1) is 16.0. The molecule has 4 heteroatoms. The third-order valence-electron chi connectivity index (χ3n) is 3.45. The molecule has 0 saturated carbocycles.